The zero-order chi connectivity index (χ0) is 28.8. The summed E-state index contributed by atoms with van der Waals surface area (Å²) < 4.78 is 85.6. The Morgan fingerprint density at radius 3 is 2.21 bits per heavy atom. The highest BCUT2D eigenvalue weighted by Gasteiger charge is 2.49. The average Bonchev–Trinajstić information content (AvgIpc) is 2.86. The first-order valence-electron chi connectivity index (χ1n) is 11.3. The normalized spacial score (nSPS) is 12.1. The second kappa shape index (κ2) is 12.2. The van der Waals surface area contributed by atoms with Crippen molar-refractivity contribution in [2.75, 3.05) is 25.0 Å². The zero-order valence-electron chi connectivity index (χ0n) is 21.3. The van der Waals surface area contributed by atoms with Crippen LogP contribution < -0.4 is 23.1 Å². The average molecular weight is 590 g/mol. The van der Waals surface area contributed by atoms with Crippen LogP contribution in [-0.2, 0) is 15.5 Å². The standard InChI is InChI=1S/C24H26F3N3O7S2/c1-23(2,3)15-9-11-16(12-10-15)38-30-20-19(36-18-8-6-5-7-17(18)34-4)21(35-14-13-31)29-22(28-20)37-39(32,33)24(25,26)27/h5-12,31H,13-14H2,1-4H3,(H,28,29,30). The van der Waals surface area contributed by atoms with E-state index in [-0.39, 0.29) is 29.3 Å². The molecule has 0 spiro atoms. The van der Waals surface area contributed by atoms with Crippen molar-refractivity contribution < 1.29 is 45.1 Å². The predicted octanol–water partition coefficient (Wildman–Crippen LogP) is 5.29. The van der Waals surface area contributed by atoms with Crippen LogP contribution in [0.1, 0.15) is 26.3 Å². The van der Waals surface area contributed by atoms with Crippen molar-refractivity contribution in [2.45, 2.75) is 36.6 Å². The summed E-state index contributed by atoms with van der Waals surface area (Å²) in [6.45, 7) is 5.32. The van der Waals surface area contributed by atoms with E-state index in [1.807, 2.05) is 24.3 Å². The molecule has 0 fully saturated rings. The van der Waals surface area contributed by atoms with Crippen LogP contribution in [0.4, 0.5) is 19.0 Å². The van der Waals surface area contributed by atoms with E-state index in [4.69, 9.17) is 14.2 Å². The van der Waals surface area contributed by atoms with Gasteiger partial charge in [0.05, 0.1) is 13.7 Å². The van der Waals surface area contributed by atoms with E-state index in [9.17, 15) is 26.7 Å². The highest BCUT2D eigenvalue weighted by atomic mass is 32.2. The molecular weight excluding hydrogens is 563 g/mol. The molecule has 212 valence electrons. The van der Waals surface area contributed by atoms with Gasteiger partial charge in [-0.1, -0.05) is 45.0 Å². The third-order valence-corrected chi connectivity index (χ3v) is 6.62. The molecule has 15 heteroatoms. The van der Waals surface area contributed by atoms with E-state index in [1.54, 1.807) is 18.2 Å². The Balaban J connectivity index is 2.07. The molecule has 3 rings (SSSR count). The summed E-state index contributed by atoms with van der Waals surface area (Å²) in [4.78, 5) is 8.15. The Morgan fingerprint density at radius 2 is 1.64 bits per heavy atom. The fraction of sp³-hybridized carbons (Fsp3) is 0.333. The second-order valence-corrected chi connectivity index (χ2v) is 11.2. The highest BCUT2D eigenvalue weighted by Crippen LogP contribution is 2.42. The van der Waals surface area contributed by atoms with Crippen LogP contribution in [0, 0.1) is 0 Å². The minimum atomic E-state index is -6.10. The fourth-order valence-corrected chi connectivity index (χ4v) is 3.93. The first-order valence-corrected chi connectivity index (χ1v) is 13.5. The van der Waals surface area contributed by atoms with Crippen molar-refractivity contribution in [3.63, 3.8) is 0 Å². The Hall–Kier alpha value is -3.43. The first-order chi connectivity index (χ1) is 18.2. The minimum Gasteiger partial charge on any atom is -0.493 e. The summed E-state index contributed by atoms with van der Waals surface area (Å²) in [6.07, 6.45) is 0. The fourth-order valence-electron chi connectivity index (χ4n) is 2.94. The molecule has 2 aromatic carbocycles. The van der Waals surface area contributed by atoms with E-state index in [0.29, 0.717) is 10.6 Å². The lowest BCUT2D eigenvalue weighted by Crippen LogP contribution is -2.28. The van der Waals surface area contributed by atoms with E-state index in [0.717, 1.165) is 17.5 Å². The van der Waals surface area contributed by atoms with Crippen molar-refractivity contribution in [3.05, 3.63) is 54.1 Å². The van der Waals surface area contributed by atoms with Gasteiger partial charge < -0.3 is 28.2 Å². The van der Waals surface area contributed by atoms with Crippen molar-refractivity contribution in [3.8, 4) is 29.1 Å². The molecule has 0 saturated carbocycles. The summed E-state index contributed by atoms with van der Waals surface area (Å²) in [5, 5.41) is 9.23. The molecule has 0 saturated heterocycles. The molecular formula is C24H26F3N3O7S2. The van der Waals surface area contributed by atoms with Gasteiger partial charge in [-0.05, 0) is 47.2 Å². The van der Waals surface area contributed by atoms with Gasteiger partial charge in [-0.3, -0.25) is 0 Å². The van der Waals surface area contributed by atoms with Crippen molar-refractivity contribution >= 4 is 27.9 Å². The molecule has 39 heavy (non-hydrogen) atoms. The van der Waals surface area contributed by atoms with Crippen molar-refractivity contribution in [1.29, 1.82) is 0 Å². The summed E-state index contributed by atoms with van der Waals surface area (Å²) in [5.41, 5.74) is -4.75. The van der Waals surface area contributed by atoms with E-state index >= 15 is 0 Å². The topological polar surface area (TPSA) is 129 Å². The van der Waals surface area contributed by atoms with Gasteiger partial charge in [0.1, 0.15) is 6.61 Å². The number of rotatable bonds is 11. The number of aliphatic hydroxyl groups is 1. The molecule has 1 heterocycles. The number of hydrogen-bond donors (Lipinski definition) is 2. The van der Waals surface area contributed by atoms with Crippen LogP contribution in [0.5, 0.6) is 29.1 Å². The van der Waals surface area contributed by atoms with Crippen molar-refractivity contribution in [1.82, 2.24) is 9.97 Å². The maximum absolute atomic E-state index is 13.0. The largest absolute Gasteiger partial charge is 0.534 e. The highest BCUT2D eigenvalue weighted by molar-refractivity contribution is 8.00. The quantitative estimate of drug-likeness (QED) is 0.172. The second-order valence-electron chi connectivity index (χ2n) is 8.78. The summed E-state index contributed by atoms with van der Waals surface area (Å²) in [7, 11) is -4.70. The minimum absolute atomic E-state index is 0.0891. The third kappa shape index (κ3) is 7.80. The third-order valence-electron chi connectivity index (χ3n) is 4.88. The maximum Gasteiger partial charge on any atom is 0.534 e. The molecule has 0 amide bonds. The number of anilines is 1. The van der Waals surface area contributed by atoms with Gasteiger partial charge in [0.15, 0.2) is 17.3 Å². The lowest BCUT2D eigenvalue weighted by atomic mass is 9.87. The number of hydrogen-bond acceptors (Lipinski definition) is 11. The Labute approximate surface area is 227 Å². The number of nitrogens with zero attached hydrogens (tertiary/aromatic N) is 2. The monoisotopic (exact) mass is 589 g/mol. The molecule has 0 aliphatic carbocycles. The van der Waals surface area contributed by atoms with Crippen LogP contribution in [0.3, 0.4) is 0 Å². The van der Waals surface area contributed by atoms with Gasteiger partial charge in [0.25, 0.3) is 5.88 Å². The number of aliphatic hydroxyl groups excluding tert-OH is 1. The maximum atomic E-state index is 13.0. The number of methoxy groups -OCH3 is 1. The van der Waals surface area contributed by atoms with Crippen LogP contribution in [0.25, 0.3) is 0 Å². The van der Waals surface area contributed by atoms with Gasteiger partial charge in [-0.2, -0.15) is 31.6 Å². The SMILES string of the molecule is COc1ccccc1Oc1c(NSc2ccc(C(C)(C)C)cc2)nc(OS(=O)(=O)C(F)(F)F)nc1OCCO. The molecule has 10 nitrogen and oxygen atoms in total. The van der Waals surface area contributed by atoms with Gasteiger partial charge in [-0.15, -0.1) is 0 Å². The number of ether oxygens (including phenoxy) is 3. The van der Waals surface area contributed by atoms with Crippen LogP contribution >= 0.6 is 11.9 Å². The predicted molar refractivity (Wildman–Crippen MR) is 138 cm³/mol. The molecule has 1 aromatic heterocycles. The number of alkyl halides is 3. The van der Waals surface area contributed by atoms with Crippen LogP contribution in [0.15, 0.2) is 53.4 Å². The molecule has 0 bridgehead atoms. The van der Waals surface area contributed by atoms with E-state index < -0.39 is 34.1 Å². The molecule has 2 N–H and O–H groups in total. The lowest BCUT2D eigenvalue weighted by molar-refractivity contribution is -0.0503. The van der Waals surface area contributed by atoms with Gasteiger partial charge in [0.2, 0.25) is 5.75 Å². The van der Waals surface area contributed by atoms with Crippen molar-refractivity contribution in [2.24, 2.45) is 0 Å². The van der Waals surface area contributed by atoms with E-state index in [1.165, 1.54) is 13.2 Å². The Kier molecular flexibility index (Phi) is 9.40. The summed E-state index contributed by atoms with van der Waals surface area (Å²) in [5.74, 6) is -0.549. The first kappa shape index (κ1) is 30.1. The van der Waals surface area contributed by atoms with Gasteiger partial charge in [-0.25, -0.2) is 0 Å². The summed E-state index contributed by atoms with van der Waals surface area (Å²) >= 11 is 1.01. The zero-order valence-corrected chi connectivity index (χ0v) is 22.9. The van der Waals surface area contributed by atoms with Gasteiger partial charge >= 0.3 is 21.6 Å². The number of halogens is 3. The number of para-hydroxylation sites is 2. The van der Waals surface area contributed by atoms with Crippen LogP contribution in [0.2, 0.25) is 0 Å². The molecule has 0 aliphatic rings. The molecule has 0 aliphatic heterocycles. The molecule has 0 radical (unpaired) electrons. The number of nitrogens with one attached hydrogen (secondary N) is 1. The molecule has 0 atom stereocenters. The molecule has 0 unspecified atom stereocenters. The number of aromatic nitrogens is 2. The Morgan fingerprint density at radius 1 is 1.00 bits per heavy atom. The van der Waals surface area contributed by atoms with Gasteiger partial charge in [0, 0.05) is 4.90 Å². The molecule has 3 aromatic rings. The lowest BCUT2D eigenvalue weighted by Gasteiger charge is -2.19. The van der Waals surface area contributed by atoms with Crippen LogP contribution in [-0.4, -0.2) is 49.3 Å². The Bertz CT molecular complexity index is 1380. The number of benzene rings is 2. The summed E-state index contributed by atoms with van der Waals surface area (Å²) in [6, 6.07) is 12.7. The van der Waals surface area contributed by atoms with E-state index in [2.05, 4.69) is 39.6 Å². The smallest absolute Gasteiger partial charge is 0.493 e.